The number of piperazine rings is 1. The Morgan fingerprint density at radius 2 is 2.07 bits per heavy atom. The van der Waals surface area contributed by atoms with Crippen LogP contribution in [0.25, 0.3) is 0 Å². The van der Waals surface area contributed by atoms with Crippen molar-refractivity contribution in [2.45, 2.75) is 26.9 Å². The van der Waals surface area contributed by atoms with Gasteiger partial charge in [0.1, 0.15) is 12.0 Å². The van der Waals surface area contributed by atoms with Crippen LogP contribution < -0.4 is 10.1 Å². The van der Waals surface area contributed by atoms with E-state index >= 15 is 0 Å². The van der Waals surface area contributed by atoms with E-state index in [9.17, 15) is 0 Å². The van der Waals surface area contributed by atoms with Crippen molar-refractivity contribution in [1.29, 1.82) is 0 Å². The van der Waals surface area contributed by atoms with Gasteiger partial charge in [0.2, 0.25) is 0 Å². The van der Waals surface area contributed by atoms with E-state index in [1.807, 2.05) is 31.2 Å². The summed E-state index contributed by atoms with van der Waals surface area (Å²) in [6.07, 6.45) is 1.62. The number of guanidine groups is 1. The number of aromatic nitrogens is 1. The van der Waals surface area contributed by atoms with Gasteiger partial charge in [0, 0.05) is 55.9 Å². The van der Waals surface area contributed by atoms with E-state index in [-0.39, 0.29) is 0 Å². The third-order valence-corrected chi connectivity index (χ3v) is 4.85. The quantitative estimate of drug-likeness (QED) is 0.564. The minimum absolute atomic E-state index is 0.550. The molecule has 1 aromatic carbocycles. The normalized spacial score (nSPS) is 15.7. The van der Waals surface area contributed by atoms with Gasteiger partial charge in [0.05, 0.1) is 18.8 Å². The monoisotopic (exact) mass is 405 g/mol. The lowest BCUT2D eigenvalue weighted by molar-refractivity contribution is 0.169. The predicted octanol–water partition coefficient (Wildman–Crippen LogP) is 3.01. The van der Waals surface area contributed by atoms with Gasteiger partial charge in [-0.2, -0.15) is 0 Å². The molecule has 0 radical (unpaired) electrons. The van der Waals surface area contributed by atoms with Gasteiger partial charge < -0.3 is 19.5 Å². The first-order valence-electron chi connectivity index (χ1n) is 9.75. The van der Waals surface area contributed by atoms with Crippen molar-refractivity contribution in [3.8, 4) is 5.75 Å². The largest absolute Gasteiger partial charge is 0.493 e. The van der Waals surface area contributed by atoms with Crippen LogP contribution in [-0.2, 0) is 13.1 Å². The number of aliphatic imine (C=N–C) groups is 1. The number of nitrogens with zero attached hydrogens (tertiary/aromatic N) is 4. The highest BCUT2D eigenvalue weighted by Gasteiger charge is 2.20. The Labute approximate surface area is 171 Å². The molecule has 2 aromatic rings. The van der Waals surface area contributed by atoms with Crippen LogP contribution in [0.3, 0.4) is 0 Å². The van der Waals surface area contributed by atoms with Gasteiger partial charge in [-0.15, -0.1) is 0 Å². The molecule has 2 heterocycles. The fourth-order valence-corrected chi connectivity index (χ4v) is 3.36. The molecule has 3 rings (SSSR count). The zero-order valence-corrected chi connectivity index (χ0v) is 17.3. The van der Waals surface area contributed by atoms with Crippen molar-refractivity contribution >= 4 is 17.6 Å². The van der Waals surface area contributed by atoms with Crippen molar-refractivity contribution in [2.75, 3.05) is 39.3 Å². The second-order valence-corrected chi connectivity index (χ2v) is 7.05. The third-order valence-electron chi connectivity index (χ3n) is 4.61. The molecule has 1 aliphatic rings. The standard InChI is InChI=1S/C20H28ClN5O2/c1-3-22-20(23-14-16-5-6-17(21)13-19(16)27-4-2)26-10-8-25(9-11-26)15-18-7-12-28-24-18/h5-7,12-13H,3-4,8-11,14-15H2,1-2H3,(H,22,23). The Morgan fingerprint density at radius 3 is 2.75 bits per heavy atom. The lowest BCUT2D eigenvalue weighted by atomic mass is 10.2. The predicted molar refractivity (Wildman–Crippen MR) is 111 cm³/mol. The average Bonchev–Trinajstić information content (AvgIpc) is 3.20. The van der Waals surface area contributed by atoms with Crippen LogP contribution in [0.5, 0.6) is 5.75 Å². The number of hydrogen-bond acceptors (Lipinski definition) is 5. The van der Waals surface area contributed by atoms with Gasteiger partial charge in [-0.1, -0.05) is 22.8 Å². The van der Waals surface area contributed by atoms with Crippen molar-refractivity contribution in [3.05, 3.63) is 46.8 Å². The van der Waals surface area contributed by atoms with Gasteiger partial charge in [0.15, 0.2) is 5.96 Å². The van der Waals surface area contributed by atoms with Gasteiger partial charge in [0.25, 0.3) is 0 Å². The number of rotatable bonds is 7. The van der Waals surface area contributed by atoms with Crippen molar-refractivity contribution in [2.24, 2.45) is 4.99 Å². The van der Waals surface area contributed by atoms with Crippen LogP contribution >= 0.6 is 11.6 Å². The highest BCUT2D eigenvalue weighted by atomic mass is 35.5. The summed E-state index contributed by atoms with van der Waals surface area (Å²) in [6.45, 7) is 10.6. The van der Waals surface area contributed by atoms with E-state index in [0.717, 1.165) is 62.2 Å². The molecule has 28 heavy (non-hydrogen) atoms. The van der Waals surface area contributed by atoms with Gasteiger partial charge >= 0.3 is 0 Å². The molecular weight excluding hydrogens is 378 g/mol. The zero-order valence-electron chi connectivity index (χ0n) is 16.5. The zero-order chi connectivity index (χ0) is 19.8. The van der Waals surface area contributed by atoms with Gasteiger partial charge in [-0.25, -0.2) is 4.99 Å². The summed E-state index contributed by atoms with van der Waals surface area (Å²) in [4.78, 5) is 9.53. The Bertz CT molecular complexity index is 758. The van der Waals surface area contributed by atoms with Crippen molar-refractivity contribution in [3.63, 3.8) is 0 Å². The number of benzene rings is 1. The maximum atomic E-state index is 6.10. The van der Waals surface area contributed by atoms with E-state index in [4.69, 9.17) is 25.9 Å². The minimum atomic E-state index is 0.550. The first-order valence-corrected chi connectivity index (χ1v) is 10.1. The number of hydrogen-bond donors (Lipinski definition) is 1. The van der Waals surface area contributed by atoms with Crippen LogP contribution in [0.1, 0.15) is 25.1 Å². The Kier molecular flexibility index (Phi) is 7.56. The van der Waals surface area contributed by atoms with Crippen molar-refractivity contribution < 1.29 is 9.26 Å². The molecule has 0 atom stereocenters. The first-order chi connectivity index (χ1) is 13.7. The lowest BCUT2D eigenvalue weighted by Crippen LogP contribution is -2.52. The van der Waals surface area contributed by atoms with E-state index < -0.39 is 0 Å². The van der Waals surface area contributed by atoms with Crippen LogP contribution in [-0.4, -0.2) is 60.2 Å². The molecule has 1 saturated heterocycles. The van der Waals surface area contributed by atoms with Crippen LogP contribution in [0.2, 0.25) is 5.02 Å². The molecule has 1 N–H and O–H groups in total. The summed E-state index contributed by atoms with van der Waals surface area (Å²) < 4.78 is 10.6. The van der Waals surface area contributed by atoms with E-state index in [2.05, 4.69) is 27.2 Å². The molecule has 0 saturated carbocycles. The topological polar surface area (TPSA) is 66.1 Å². The SMILES string of the molecule is CCNC(=NCc1ccc(Cl)cc1OCC)N1CCN(Cc2ccon2)CC1. The maximum absolute atomic E-state index is 6.10. The Balaban J connectivity index is 1.62. The minimum Gasteiger partial charge on any atom is -0.493 e. The second kappa shape index (κ2) is 10.3. The summed E-state index contributed by atoms with van der Waals surface area (Å²) in [6, 6.07) is 7.63. The molecule has 1 aliphatic heterocycles. The van der Waals surface area contributed by atoms with Crippen LogP contribution in [0.4, 0.5) is 0 Å². The molecule has 8 heteroatoms. The van der Waals surface area contributed by atoms with Crippen LogP contribution in [0.15, 0.2) is 40.0 Å². The Morgan fingerprint density at radius 1 is 1.25 bits per heavy atom. The molecule has 0 aliphatic carbocycles. The smallest absolute Gasteiger partial charge is 0.194 e. The fourth-order valence-electron chi connectivity index (χ4n) is 3.20. The second-order valence-electron chi connectivity index (χ2n) is 6.61. The molecule has 0 amide bonds. The van der Waals surface area contributed by atoms with E-state index in [1.54, 1.807) is 6.26 Å². The molecule has 0 unspecified atom stereocenters. The fraction of sp³-hybridized carbons (Fsp3) is 0.500. The molecule has 152 valence electrons. The van der Waals surface area contributed by atoms with E-state index in [0.29, 0.717) is 18.2 Å². The maximum Gasteiger partial charge on any atom is 0.194 e. The summed E-state index contributed by atoms with van der Waals surface area (Å²) in [7, 11) is 0. The van der Waals surface area contributed by atoms with Gasteiger partial charge in [-0.3, -0.25) is 4.90 Å². The average molecular weight is 406 g/mol. The first kappa shape index (κ1) is 20.5. The summed E-state index contributed by atoms with van der Waals surface area (Å²) in [5.74, 6) is 1.73. The molecule has 1 aromatic heterocycles. The number of halogens is 1. The van der Waals surface area contributed by atoms with Crippen LogP contribution in [0, 0.1) is 0 Å². The molecule has 7 nitrogen and oxygen atoms in total. The van der Waals surface area contributed by atoms with Crippen molar-refractivity contribution in [1.82, 2.24) is 20.3 Å². The Hall–Kier alpha value is -2.25. The third kappa shape index (κ3) is 5.62. The number of nitrogens with one attached hydrogen (secondary N) is 1. The summed E-state index contributed by atoms with van der Waals surface area (Å²) in [5, 5.41) is 8.08. The summed E-state index contributed by atoms with van der Waals surface area (Å²) in [5.41, 5.74) is 2.01. The molecule has 0 bridgehead atoms. The molecular formula is C20H28ClN5O2. The molecule has 1 fully saturated rings. The van der Waals surface area contributed by atoms with Gasteiger partial charge in [-0.05, 0) is 26.0 Å². The highest BCUT2D eigenvalue weighted by Crippen LogP contribution is 2.24. The van der Waals surface area contributed by atoms with E-state index in [1.165, 1.54) is 0 Å². The molecule has 0 spiro atoms. The summed E-state index contributed by atoms with van der Waals surface area (Å²) >= 11 is 6.10. The lowest BCUT2D eigenvalue weighted by Gasteiger charge is -2.36. The highest BCUT2D eigenvalue weighted by molar-refractivity contribution is 6.30. The number of ether oxygens (including phenoxy) is 1.